The van der Waals surface area contributed by atoms with Crippen molar-refractivity contribution in [2.45, 2.75) is 0 Å². The zero-order valence-corrected chi connectivity index (χ0v) is 19.9. The summed E-state index contributed by atoms with van der Waals surface area (Å²) < 4.78 is 211. The SMILES string of the molecule is [2H]c1c([2H])c([2H])c(-n2c3c([2H])c(-c4c([2H])c([2H])c5c(c4[2H])-c4c([2H])c([2H])c([2H])c6c([2H])c([2H])c([2H])c(c46)O5)c([2H])c([2H])c3c3c([2H])c([2H])c4c([2H])c([2H])c([2H])c([2H])c4c32)c([2H])c1[2H]. The standard InChI is InChI=1S/C38H23NO/c1-2-11-28(12-3-1)39-34-23-27(17-19-30(34)32-20-16-24-8-4-5-13-29(24)38(32)39)26-18-21-35-33(22-26)31-14-6-9-25-10-7-15-36(40-35)37(25)31/h1-23H/i1D,2D,3D,4D,5D,6D,7D,8D,9D,10D,11D,12D,13D,14D,15D,16D,17D,18D,19D,20D,21D,22D,23D. The number of rotatable bonds is 2. The molecule has 0 unspecified atom stereocenters. The van der Waals surface area contributed by atoms with E-state index in [9.17, 15) is 8.22 Å². The van der Waals surface area contributed by atoms with E-state index in [1.54, 1.807) is 0 Å². The number of hydrogen-bond acceptors (Lipinski definition) is 1. The highest BCUT2D eigenvalue weighted by Crippen LogP contribution is 2.47. The van der Waals surface area contributed by atoms with Crippen molar-refractivity contribution in [1.29, 1.82) is 0 Å². The first kappa shape index (κ1) is 9.11. The zero-order chi connectivity index (χ0) is 46.2. The number of aromatic nitrogens is 1. The first-order valence-electron chi connectivity index (χ1n) is 23.3. The van der Waals surface area contributed by atoms with Crippen molar-refractivity contribution in [3.63, 3.8) is 0 Å². The Hall–Kier alpha value is -5.34. The molecule has 1 aliphatic heterocycles. The molecule has 9 rings (SSSR count). The van der Waals surface area contributed by atoms with Crippen LogP contribution in [0.5, 0.6) is 11.5 Å². The number of fused-ring (bicyclic) bond motifs is 7. The van der Waals surface area contributed by atoms with Gasteiger partial charge in [0, 0.05) is 32.8 Å². The second-order valence-corrected chi connectivity index (χ2v) is 8.77. The molecule has 0 aliphatic carbocycles. The van der Waals surface area contributed by atoms with E-state index in [0.717, 1.165) is 4.57 Å². The number of para-hydroxylation sites is 1. The van der Waals surface area contributed by atoms with Crippen LogP contribution in [0.2, 0.25) is 0 Å². The summed E-state index contributed by atoms with van der Waals surface area (Å²) in [5.41, 5.74) is -4.22. The molecule has 7 aromatic carbocycles. The van der Waals surface area contributed by atoms with Crippen LogP contribution < -0.4 is 4.74 Å². The maximum absolute atomic E-state index is 9.79. The smallest absolute Gasteiger partial charge is 0.135 e. The normalized spacial score (nSPS) is 20.2. The number of benzene rings is 7. The fourth-order valence-electron chi connectivity index (χ4n) is 4.94. The molecule has 8 aromatic rings. The van der Waals surface area contributed by atoms with Crippen molar-refractivity contribution < 1.29 is 36.3 Å². The molecule has 0 atom stereocenters. The lowest BCUT2D eigenvalue weighted by Crippen LogP contribution is -1.97. The van der Waals surface area contributed by atoms with E-state index in [1.165, 1.54) is 0 Å². The van der Waals surface area contributed by atoms with Gasteiger partial charge in [-0.1, -0.05) is 103 Å². The highest BCUT2D eigenvalue weighted by atomic mass is 16.5. The summed E-state index contributed by atoms with van der Waals surface area (Å²) in [6, 6.07) is -18.7. The minimum absolute atomic E-state index is 0.295. The van der Waals surface area contributed by atoms with E-state index >= 15 is 0 Å². The Morgan fingerprint density at radius 2 is 1.25 bits per heavy atom. The number of hydrogen-bond donors (Lipinski definition) is 0. The van der Waals surface area contributed by atoms with Gasteiger partial charge in [0.2, 0.25) is 0 Å². The third-order valence-corrected chi connectivity index (χ3v) is 6.62. The van der Waals surface area contributed by atoms with E-state index < -0.39 is 211 Å². The summed E-state index contributed by atoms with van der Waals surface area (Å²) in [7, 11) is 0. The van der Waals surface area contributed by atoms with Crippen molar-refractivity contribution in [3.8, 4) is 39.4 Å². The van der Waals surface area contributed by atoms with E-state index in [4.69, 9.17) is 28.0 Å². The van der Waals surface area contributed by atoms with E-state index in [2.05, 4.69) is 0 Å². The largest absolute Gasteiger partial charge is 0.456 e. The van der Waals surface area contributed by atoms with Crippen LogP contribution in [-0.4, -0.2) is 4.57 Å². The monoisotopic (exact) mass is 532 g/mol. The lowest BCUT2D eigenvalue weighted by atomic mass is 9.92. The first-order valence-corrected chi connectivity index (χ1v) is 11.8. The summed E-state index contributed by atoms with van der Waals surface area (Å²) in [5.74, 6) is -1.10. The predicted octanol–water partition coefficient (Wildman–Crippen LogP) is 10.5. The Kier molecular flexibility index (Phi) is 1.84. The van der Waals surface area contributed by atoms with Crippen LogP contribution in [0.3, 0.4) is 0 Å². The second-order valence-electron chi connectivity index (χ2n) is 8.77. The van der Waals surface area contributed by atoms with E-state index in [-0.39, 0.29) is 10.8 Å². The highest BCUT2D eigenvalue weighted by Gasteiger charge is 2.21. The van der Waals surface area contributed by atoms with E-state index in [1.807, 2.05) is 0 Å². The Balaban J connectivity index is 1.56. The third-order valence-electron chi connectivity index (χ3n) is 6.62. The van der Waals surface area contributed by atoms with Gasteiger partial charge in [0.15, 0.2) is 0 Å². The lowest BCUT2D eigenvalue weighted by molar-refractivity contribution is 0.487. The van der Waals surface area contributed by atoms with Gasteiger partial charge in [-0.3, -0.25) is 0 Å². The van der Waals surface area contributed by atoms with Gasteiger partial charge < -0.3 is 9.30 Å². The topological polar surface area (TPSA) is 14.2 Å². The van der Waals surface area contributed by atoms with Gasteiger partial charge >= 0.3 is 0 Å². The summed E-state index contributed by atoms with van der Waals surface area (Å²) in [6.45, 7) is 0. The average molecular weight is 533 g/mol. The van der Waals surface area contributed by atoms with Gasteiger partial charge in [0.1, 0.15) is 11.5 Å². The van der Waals surface area contributed by atoms with Crippen molar-refractivity contribution in [2.24, 2.45) is 0 Å². The molecule has 0 fully saturated rings. The Morgan fingerprint density at radius 3 is 2.17 bits per heavy atom. The molecule has 186 valence electrons. The molecule has 1 aromatic heterocycles. The van der Waals surface area contributed by atoms with Crippen LogP contribution in [0.15, 0.2) is 139 Å². The van der Waals surface area contributed by atoms with Gasteiger partial charge in [-0.25, -0.2) is 0 Å². The summed E-state index contributed by atoms with van der Waals surface area (Å²) >= 11 is 0. The summed E-state index contributed by atoms with van der Waals surface area (Å²) in [4.78, 5) is 0. The average Bonchev–Trinajstić information content (AvgIpc) is 3.60. The highest BCUT2D eigenvalue weighted by molar-refractivity contribution is 6.19. The molecule has 0 spiro atoms. The first-order chi connectivity index (χ1) is 29.4. The fraction of sp³-hybridized carbons (Fsp3) is 0. The van der Waals surface area contributed by atoms with Crippen LogP contribution in [0.1, 0.15) is 31.5 Å². The molecular formula is C38H23NO. The van der Waals surface area contributed by atoms with Crippen LogP contribution in [0, 0.1) is 0 Å². The molecule has 2 heteroatoms. The summed E-state index contributed by atoms with van der Waals surface area (Å²) in [6.07, 6.45) is 0. The van der Waals surface area contributed by atoms with Crippen molar-refractivity contribution >= 4 is 43.4 Å². The Bertz CT molecular complexity index is 3540. The van der Waals surface area contributed by atoms with Crippen molar-refractivity contribution in [2.75, 3.05) is 0 Å². The Morgan fingerprint density at radius 1 is 0.500 bits per heavy atom. The lowest BCUT2D eigenvalue weighted by Gasteiger charge is -2.22. The third kappa shape index (κ3) is 2.99. The molecule has 0 saturated carbocycles. The molecule has 2 heterocycles. The van der Waals surface area contributed by atoms with Gasteiger partial charge in [0.05, 0.1) is 42.6 Å². The van der Waals surface area contributed by atoms with Gasteiger partial charge in [-0.05, 0) is 63.7 Å². The van der Waals surface area contributed by atoms with Gasteiger partial charge in [-0.15, -0.1) is 0 Å². The number of nitrogens with zero attached hydrogens (tertiary/aromatic N) is 1. The maximum atomic E-state index is 9.79. The van der Waals surface area contributed by atoms with Crippen molar-refractivity contribution in [3.05, 3.63) is 139 Å². The minimum Gasteiger partial charge on any atom is -0.456 e. The molecule has 0 bridgehead atoms. The molecular weight excluding hydrogens is 486 g/mol. The molecule has 0 amide bonds. The molecule has 0 N–H and O–H groups in total. The molecule has 0 saturated heterocycles. The van der Waals surface area contributed by atoms with Crippen LogP contribution in [-0.2, 0) is 0 Å². The Labute approximate surface area is 263 Å². The quantitative estimate of drug-likeness (QED) is 0.216. The van der Waals surface area contributed by atoms with Crippen LogP contribution in [0.4, 0.5) is 0 Å². The maximum Gasteiger partial charge on any atom is 0.135 e. The molecule has 1 aliphatic rings. The number of ether oxygens (including phenoxy) is 1. The van der Waals surface area contributed by atoms with Crippen LogP contribution >= 0.6 is 0 Å². The molecule has 40 heavy (non-hydrogen) atoms. The van der Waals surface area contributed by atoms with E-state index in [0.29, 0.717) is 0 Å². The summed E-state index contributed by atoms with van der Waals surface area (Å²) in [5, 5.41) is -2.69. The molecule has 0 radical (unpaired) electrons. The van der Waals surface area contributed by atoms with Crippen LogP contribution in [0.25, 0.3) is 71.3 Å². The zero-order valence-electron chi connectivity index (χ0n) is 42.9. The fourth-order valence-corrected chi connectivity index (χ4v) is 4.94. The molecule has 2 nitrogen and oxygen atoms in total. The van der Waals surface area contributed by atoms with Gasteiger partial charge in [-0.2, -0.15) is 0 Å². The predicted molar refractivity (Wildman–Crippen MR) is 167 cm³/mol. The van der Waals surface area contributed by atoms with Crippen molar-refractivity contribution in [1.82, 2.24) is 4.57 Å². The minimum atomic E-state index is -0.924. The van der Waals surface area contributed by atoms with Gasteiger partial charge in [0.25, 0.3) is 0 Å². The second kappa shape index (κ2) is 8.08.